The van der Waals surface area contributed by atoms with Crippen LogP contribution in [0.5, 0.6) is 5.75 Å². The third-order valence-electron chi connectivity index (χ3n) is 3.76. The SMILES string of the molecule is CCOc1ccc(Cl)cc1CCNC(=O)[C@H]1C[C@H](OC)CN1. The second-order valence-corrected chi connectivity index (χ2v) is 5.72. The molecule has 122 valence electrons. The Labute approximate surface area is 136 Å². The maximum Gasteiger partial charge on any atom is 0.237 e. The standard InChI is InChI=1S/C16H23ClN2O3/c1-3-22-15-5-4-12(17)8-11(15)6-7-18-16(20)14-9-13(21-2)10-19-14/h4-5,8,13-14,19H,3,6-7,9-10H2,1-2H3,(H,18,20)/t13-,14+/m0/s1. The summed E-state index contributed by atoms with van der Waals surface area (Å²) in [7, 11) is 1.67. The number of carbonyl (C=O) groups is 1. The van der Waals surface area contributed by atoms with E-state index < -0.39 is 0 Å². The maximum atomic E-state index is 12.1. The van der Waals surface area contributed by atoms with Gasteiger partial charge in [0.2, 0.25) is 5.91 Å². The van der Waals surface area contributed by atoms with Crippen LogP contribution in [0, 0.1) is 0 Å². The van der Waals surface area contributed by atoms with Crippen molar-refractivity contribution in [1.82, 2.24) is 10.6 Å². The van der Waals surface area contributed by atoms with Crippen LogP contribution >= 0.6 is 11.6 Å². The molecule has 1 aliphatic heterocycles. The van der Waals surface area contributed by atoms with Crippen LogP contribution in [-0.2, 0) is 16.0 Å². The molecule has 0 radical (unpaired) electrons. The number of amides is 1. The fraction of sp³-hybridized carbons (Fsp3) is 0.562. The van der Waals surface area contributed by atoms with Gasteiger partial charge in [0.05, 0.1) is 18.8 Å². The highest BCUT2D eigenvalue weighted by Crippen LogP contribution is 2.23. The Morgan fingerprint density at radius 3 is 3.00 bits per heavy atom. The number of methoxy groups -OCH3 is 1. The van der Waals surface area contributed by atoms with E-state index >= 15 is 0 Å². The Hall–Kier alpha value is -1.30. The van der Waals surface area contributed by atoms with E-state index in [1.165, 1.54) is 0 Å². The summed E-state index contributed by atoms with van der Waals surface area (Å²) in [5.74, 6) is 0.833. The molecule has 1 fully saturated rings. The maximum absolute atomic E-state index is 12.1. The number of hydrogen-bond acceptors (Lipinski definition) is 4. The van der Waals surface area contributed by atoms with Gasteiger partial charge in [0.15, 0.2) is 0 Å². The Balaban J connectivity index is 1.83. The van der Waals surface area contributed by atoms with Gasteiger partial charge in [0, 0.05) is 25.2 Å². The molecule has 2 atom stereocenters. The molecule has 1 aliphatic rings. The molecule has 2 rings (SSSR count). The Morgan fingerprint density at radius 2 is 2.32 bits per heavy atom. The van der Waals surface area contributed by atoms with Gasteiger partial charge in [-0.05, 0) is 43.5 Å². The minimum atomic E-state index is -0.171. The smallest absolute Gasteiger partial charge is 0.237 e. The minimum absolute atomic E-state index is 0.0135. The lowest BCUT2D eigenvalue weighted by Crippen LogP contribution is -2.41. The molecule has 0 bridgehead atoms. The zero-order valence-electron chi connectivity index (χ0n) is 13.0. The van der Waals surface area contributed by atoms with Crippen LogP contribution in [0.1, 0.15) is 18.9 Å². The van der Waals surface area contributed by atoms with E-state index in [0.29, 0.717) is 31.0 Å². The molecule has 0 saturated carbocycles. The highest BCUT2D eigenvalue weighted by Gasteiger charge is 2.28. The van der Waals surface area contributed by atoms with E-state index in [0.717, 1.165) is 17.9 Å². The number of carbonyl (C=O) groups excluding carboxylic acids is 1. The average Bonchev–Trinajstić information content (AvgIpc) is 2.99. The van der Waals surface area contributed by atoms with Gasteiger partial charge in [0.1, 0.15) is 5.75 Å². The summed E-state index contributed by atoms with van der Waals surface area (Å²) < 4.78 is 10.8. The predicted molar refractivity (Wildman–Crippen MR) is 86.5 cm³/mol. The molecule has 1 aromatic rings. The normalized spacial score (nSPS) is 20.9. The van der Waals surface area contributed by atoms with E-state index in [1.54, 1.807) is 7.11 Å². The molecule has 0 aromatic heterocycles. The van der Waals surface area contributed by atoms with Gasteiger partial charge >= 0.3 is 0 Å². The molecular weight excluding hydrogens is 304 g/mol. The molecule has 1 aromatic carbocycles. The van der Waals surface area contributed by atoms with Crippen molar-refractivity contribution in [2.75, 3.05) is 26.8 Å². The fourth-order valence-electron chi connectivity index (χ4n) is 2.57. The van der Waals surface area contributed by atoms with Crippen LogP contribution < -0.4 is 15.4 Å². The lowest BCUT2D eigenvalue weighted by Gasteiger charge is -2.13. The molecule has 0 aliphatic carbocycles. The number of rotatable bonds is 7. The van der Waals surface area contributed by atoms with Gasteiger partial charge in [-0.2, -0.15) is 0 Å². The van der Waals surface area contributed by atoms with E-state index in [4.69, 9.17) is 21.1 Å². The van der Waals surface area contributed by atoms with Gasteiger partial charge in [-0.3, -0.25) is 4.79 Å². The summed E-state index contributed by atoms with van der Waals surface area (Å²) in [4.78, 5) is 12.1. The van der Waals surface area contributed by atoms with Gasteiger partial charge < -0.3 is 20.1 Å². The lowest BCUT2D eigenvalue weighted by molar-refractivity contribution is -0.122. The Kier molecular flexibility index (Phi) is 6.49. The largest absolute Gasteiger partial charge is 0.494 e. The molecule has 2 N–H and O–H groups in total. The van der Waals surface area contributed by atoms with Crippen LogP contribution in [-0.4, -0.2) is 44.9 Å². The quantitative estimate of drug-likeness (QED) is 0.802. The summed E-state index contributed by atoms with van der Waals surface area (Å²) in [6.07, 6.45) is 1.51. The monoisotopic (exact) mass is 326 g/mol. The molecule has 1 heterocycles. The zero-order valence-corrected chi connectivity index (χ0v) is 13.8. The first kappa shape index (κ1) is 17.1. The molecule has 6 heteroatoms. The number of halogens is 1. The minimum Gasteiger partial charge on any atom is -0.494 e. The summed E-state index contributed by atoms with van der Waals surface area (Å²) >= 11 is 6.03. The highest BCUT2D eigenvalue weighted by atomic mass is 35.5. The van der Waals surface area contributed by atoms with Crippen LogP contribution in [0.15, 0.2) is 18.2 Å². The van der Waals surface area contributed by atoms with Gasteiger partial charge in [-0.15, -0.1) is 0 Å². The van der Waals surface area contributed by atoms with Crippen LogP contribution in [0.25, 0.3) is 0 Å². The number of hydrogen-bond donors (Lipinski definition) is 2. The molecule has 0 spiro atoms. The van der Waals surface area contributed by atoms with Crippen LogP contribution in [0.3, 0.4) is 0 Å². The van der Waals surface area contributed by atoms with Crippen molar-refractivity contribution in [3.05, 3.63) is 28.8 Å². The lowest BCUT2D eigenvalue weighted by atomic mass is 10.1. The molecule has 1 saturated heterocycles. The summed E-state index contributed by atoms with van der Waals surface area (Å²) in [6, 6.07) is 5.39. The first-order valence-corrected chi connectivity index (χ1v) is 7.97. The van der Waals surface area contributed by atoms with Crippen molar-refractivity contribution in [1.29, 1.82) is 0 Å². The van der Waals surface area contributed by atoms with Crippen molar-refractivity contribution in [2.45, 2.75) is 31.9 Å². The van der Waals surface area contributed by atoms with E-state index in [-0.39, 0.29) is 18.1 Å². The Morgan fingerprint density at radius 1 is 1.50 bits per heavy atom. The van der Waals surface area contributed by atoms with E-state index in [2.05, 4.69) is 10.6 Å². The van der Waals surface area contributed by atoms with Crippen molar-refractivity contribution < 1.29 is 14.3 Å². The summed E-state index contributed by atoms with van der Waals surface area (Å²) in [5, 5.41) is 6.79. The number of benzene rings is 1. The van der Waals surface area contributed by atoms with Crippen molar-refractivity contribution in [3.8, 4) is 5.75 Å². The van der Waals surface area contributed by atoms with Gasteiger partial charge in [-0.25, -0.2) is 0 Å². The molecular formula is C16H23ClN2O3. The number of nitrogens with one attached hydrogen (secondary N) is 2. The molecule has 22 heavy (non-hydrogen) atoms. The van der Waals surface area contributed by atoms with E-state index in [1.807, 2.05) is 25.1 Å². The van der Waals surface area contributed by atoms with Crippen molar-refractivity contribution >= 4 is 17.5 Å². The zero-order chi connectivity index (χ0) is 15.9. The molecule has 1 amide bonds. The molecule has 0 unspecified atom stereocenters. The predicted octanol–water partition coefficient (Wildman–Crippen LogP) is 1.77. The number of ether oxygens (including phenoxy) is 2. The second-order valence-electron chi connectivity index (χ2n) is 5.28. The first-order chi connectivity index (χ1) is 10.6. The van der Waals surface area contributed by atoms with E-state index in [9.17, 15) is 4.79 Å². The summed E-state index contributed by atoms with van der Waals surface area (Å²) in [6.45, 7) is 3.82. The Bertz CT molecular complexity index is 510. The third kappa shape index (κ3) is 4.60. The van der Waals surface area contributed by atoms with Gasteiger partial charge in [0.25, 0.3) is 0 Å². The highest BCUT2D eigenvalue weighted by molar-refractivity contribution is 6.30. The topological polar surface area (TPSA) is 59.6 Å². The summed E-state index contributed by atoms with van der Waals surface area (Å²) in [5.41, 5.74) is 1.00. The van der Waals surface area contributed by atoms with Crippen LogP contribution in [0.4, 0.5) is 0 Å². The van der Waals surface area contributed by atoms with Crippen LogP contribution in [0.2, 0.25) is 5.02 Å². The first-order valence-electron chi connectivity index (χ1n) is 7.59. The second kappa shape index (κ2) is 8.36. The van der Waals surface area contributed by atoms with Crippen molar-refractivity contribution in [3.63, 3.8) is 0 Å². The third-order valence-corrected chi connectivity index (χ3v) is 3.99. The van der Waals surface area contributed by atoms with Crippen molar-refractivity contribution in [2.24, 2.45) is 0 Å². The van der Waals surface area contributed by atoms with Gasteiger partial charge in [-0.1, -0.05) is 11.6 Å². The average molecular weight is 327 g/mol. The fourth-order valence-corrected chi connectivity index (χ4v) is 2.76. The molecule has 5 nitrogen and oxygen atoms in total.